The van der Waals surface area contributed by atoms with Crippen molar-refractivity contribution in [1.29, 1.82) is 0 Å². The maximum Gasteiger partial charge on any atom is 0.274 e. The Labute approximate surface area is 110 Å². The van der Waals surface area contributed by atoms with E-state index in [1.54, 1.807) is 0 Å². The van der Waals surface area contributed by atoms with E-state index >= 15 is 0 Å². The molecule has 4 heteroatoms. The summed E-state index contributed by atoms with van der Waals surface area (Å²) in [4.78, 5) is 12.3. The molecule has 88 valence electrons. The number of amides is 1. The molecule has 1 heterocycles. The molecule has 18 heavy (non-hydrogen) atoms. The van der Waals surface area contributed by atoms with Gasteiger partial charge < -0.3 is 0 Å². The van der Waals surface area contributed by atoms with Gasteiger partial charge in [0.15, 0.2) is 0 Å². The Hall–Kier alpha value is -2.04. The molecule has 3 nitrogen and oxygen atoms in total. The van der Waals surface area contributed by atoms with E-state index < -0.39 is 0 Å². The Kier molecular flexibility index (Phi) is 2.47. The number of thiocarbonyl (C=S) groups is 1. The second-order valence-electron chi connectivity index (χ2n) is 4.11. The quantitative estimate of drug-likeness (QED) is 0.483. The molecule has 0 atom stereocenters. The number of benzene rings is 2. The minimum absolute atomic E-state index is 0.243. The van der Waals surface area contributed by atoms with Crippen LogP contribution < -0.4 is 5.84 Å². The monoisotopic (exact) mass is 254 g/mol. The van der Waals surface area contributed by atoms with Gasteiger partial charge in [-0.25, -0.2) is 10.9 Å². The fraction of sp³-hybridized carbons (Fsp3) is 0. The third kappa shape index (κ3) is 1.54. The topological polar surface area (TPSA) is 46.3 Å². The van der Waals surface area contributed by atoms with Crippen molar-refractivity contribution in [2.45, 2.75) is 0 Å². The zero-order valence-corrected chi connectivity index (χ0v) is 10.3. The highest BCUT2D eigenvalue weighted by atomic mass is 32.1. The van der Waals surface area contributed by atoms with E-state index in [-0.39, 0.29) is 5.91 Å². The van der Waals surface area contributed by atoms with Crippen molar-refractivity contribution in [2.24, 2.45) is 5.84 Å². The average molecular weight is 254 g/mol. The lowest BCUT2D eigenvalue weighted by atomic mass is 10.0. The van der Waals surface area contributed by atoms with Crippen molar-refractivity contribution in [1.82, 2.24) is 5.01 Å². The smallest absolute Gasteiger partial charge is 0.267 e. The van der Waals surface area contributed by atoms with Crippen LogP contribution >= 0.6 is 12.2 Å². The third-order valence-corrected chi connectivity index (χ3v) is 3.44. The minimum atomic E-state index is -0.243. The van der Waals surface area contributed by atoms with E-state index in [2.05, 4.69) is 0 Å². The number of carbonyl (C=O) groups excluding carboxylic acids is 1. The Morgan fingerprint density at radius 1 is 0.944 bits per heavy atom. The van der Waals surface area contributed by atoms with Gasteiger partial charge in [-0.2, -0.15) is 0 Å². The maximum atomic E-state index is 11.9. The van der Waals surface area contributed by atoms with Gasteiger partial charge in [0.25, 0.3) is 5.91 Å². The first-order valence-electron chi connectivity index (χ1n) is 5.51. The molecule has 1 amide bonds. The lowest BCUT2D eigenvalue weighted by molar-refractivity contribution is 0.0862. The van der Waals surface area contributed by atoms with E-state index in [1.807, 2.05) is 48.5 Å². The molecule has 0 aromatic heterocycles. The number of hydrogen-bond donors (Lipinski definition) is 1. The van der Waals surface area contributed by atoms with E-state index in [1.165, 1.54) is 0 Å². The van der Waals surface area contributed by atoms with Crippen molar-refractivity contribution in [2.75, 3.05) is 0 Å². The second kappa shape index (κ2) is 4.01. The van der Waals surface area contributed by atoms with Gasteiger partial charge in [-0.1, -0.05) is 54.7 Å². The van der Waals surface area contributed by atoms with Crippen molar-refractivity contribution in [3.63, 3.8) is 0 Å². The summed E-state index contributed by atoms with van der Waals surface area (Å²) < 4.78 is 0. The first-order valence-corrected chi connectivity index (χ1v) is 5.92. The average Bonchev–Trinajstić information content (AvgIpc) is 2.65. The zero-order valence-electron chi connectivity index (χ0n) is 9.46. The van der Waals surface area contributed by atoms with Crippen molar-refractivity contribution < 1.29 is 4.79 Å². The highest BCUT2D eigenvalue weighted by molar-refractivity contribution is 7.80. The molecule has 0 bridgehead atoms. The Morgan fingerprint density at radius 2 is 1.67 bits per heavy atom. The molecule has 3 rings (SSSR count). The van der Waals surface area contributed by atoms with Gasteiger partial charge in [-0.3, -0.25) is 4.79 Å². The van der Waals surface area contributed by atoms with Crippen LogP contribution in [0.4, 0.5) is 0 Å². The van der Waals surface area contributed by atoms with Gasteiger partial charge in [0.05, 0.1) is 5.56 Å². The van der Waals surface area contributed by atoms with Crippen molar-refractivity contribution in [3.8, 4) is 11.1 Å². The zero-order chi connectivity index (χ0) is 12.7. The van der Waals surface area contributed by atoms with Crippen LogP contribution in [0.15, 0.2) is 48.5 Å². The summed E-state index contributed by atoms with van der Waals surface area (Å²) in [5.41, 5.74) is 3.36. The molecule has 2 aromatic rings. The molecule has 0 fully saturated rings. The Balaban J connectivity index is 2.14. The molecule has 0 aliphatic carbocycles. The number of hydrogen-bond acceptors (Lipinski definition) is 3. The van der Waals surface area contributed by atoms with Crippen molar-refractivity contribution >= 4 is 23.1 Å². The summed E-state index contributed by atoms with van der Waals surface area (Å²) >= 11 is 5.11. The molecule has 0 saturated carbocycles. The largest absolute Gasteiger partial charge is 0.274 e. The van der Waals surface area contributed by atoms with E-state index in [0.717, 1.165) is 21.7 Å². The predicted octanol–water partition coefficient (Wildman–Crippen LogP) is 2.36. The summed E-state index contributed by atoms with van der Waals surface area (Å²) in [5.74, 6) is 5.36. The van der Waals surface area contributed by atoms with Crippen LogP contribution in [0, 0.1) is 0 Å². The number of hydrazine groups is 1. The van der Waals surface area contributed by atoms with Crippen LogP contribution in [-0.4, -0.2) is 15.9 Å². The van der Waals surface area contributed by atoms with Crippen LogP contribution in [0.25, 0.3) is 11.1 Å². The van der Waals surface area contributed by atoms with Crippen LogP contribution in [0.2, 0.25) is 0 Å². The standard InChI is InChI=1S/C14H10N2OS/c15-16-13(17)12-8-10(6-7-11(12)14(16)18)9-4-2-1-3-5-9/h1-8H,15H2. The molecular weight excluding hydrogens is 244 g/mol. The summed E-state index contributed by atoms with van der Waals surface area (Å²) in [5, 5.41) is 1.02. The van der Waals surface area contributed by atoms with Crippen LogP contribution in [0.1, 0.15) is 15.9 Å². The second-order valence-corrected chi connectivity index (χ2v) is 4.49. The number of carbonyl (C=O) groups is 1. The summed E-state index contributed by atoms with van der Waals surface area (Å²) in [6.45, 7) is 0. The number of nitrogens with zero attached hydrogens (tertiary/aromatic N) is 1. The van der Waals surface area contributed by atoms with Crippen LogP contribution in [0.5, 0.6) is 0 Å². The first-order chi connectivity index (χ1) is 8.68. The highest BCUT2D eigenvalue weighted by Crippen LogP contribution is 2.27. The first kappa shape index (κ1) is 11.1. The Bertz CT molecular complexity index is 652. The lowest BCUT2D eigenvalue weighted by Gasteiger charge is -2.05. The maximum absolute atomic E-state index is 11.9. The van der Waals surface area contributed by atoms with Gasteiger partial charge in [0.1, 0.15) is 4.99 Å². The van der Waals surface area contributed by atoms with E-state index in [0.29, 0.717) is 10.6 Å². The Morgan fingerprint density at radius 3 is 2.39 bits per heavy atom. The van der Waals surface area contributed by atoms with Gasteiger partial charge in [-0.05, 0) is 17.2 Å². The molecular formula is C14H10N2OS. The van der Waals surface area contributed by atoms with Crippen LogP contribution in [-0.2, 0) is 0 Å². The van der Waals surface area contributed by atoms with Crippen LogP contribution in [0.3, 0.4) is 0 Å². The third-order valence-electron chi connectivity index (χ3n) is 3.03. The SMILES string of the molecule is NN1C(=O)c2cc(-c3ccccc3)ccc2C1=S. The molecule has 0 saturated heterocycles. The summed E-state index contributed by atoms with van der Waals surface area (Å²) in [6.07, 6.45) is 0. The predicted molar refractivity (Wildman–Crippen MR) is 73.9 cm³/mol. The lowest BCUT2D eigenvalue weighted by Crippen LogP contribution is -2.35. The van der Waals surface area contributed by atoms with Gasteiger partial charge >= 0.3 is 0 Å². The minimum Gasteiger partial charge on any atom is -0.267 e. The van der Waals surface area contributed by atoms with E-state index in [4.69, 9.17) is 18.1 Å². The fourth-order valence-corrected chi connectivity index (χ4v) is 2.33. The molecule has 2 N–H and O–H groups in total. The molecule has 1 aliphatic heterocycles. The summed E-state index contributed by atoms with van der Waals surface area (Å²) in [6, 6.07) is 15.5. The molecule has 0 radical (unpaired) electrons. The van der Waals surface area contributed by atoms with Gasteiger partial charge in [0, 0.05) is 5.56 Å². The number of nitrogens with two attached hydrogens (primary N) is 1. The molecule has 0 unspecified atom stereocenters. The number of fused-ring (bicyclic) bond motifs is 1. The normalized spacial score (nSPS) is 13.9. The van der Waals surface area contributed by atoms with Gasteiger partial charge in [0.2, 0.25) is 0 Å². The highest BCUT2D eigenvalue weighted by Gasteiger charge is 2.30. The molecule has 1 aliphatic rings. The van der Waals surface area contributed by atoms with Crippen molar-refractivity contribution in [3.05, 3.63) is 59.7 Å². The molecule has 2 aromatic carbocycles. The number of rotatable bonds is 1. The van der Waals surface area contributed by atoms with E-state index in [9.17, 15) is 4.79 Å². The fourth-order valence-electron chi connectivity index (χ4n) is 2.07. The molecule has 0 spiro atoms. The summed E-state index contributed by atoms with van der Waals surface area (Å²) in [7, 11) is 0. The van der Waals surface area contributed by atoms with Gasteiger partial charge in [-0.15, -0.1) is 0 Å².